The lowest BCUT2D eigenvalue weighted by molar-refractivity contribution is 0.483. The molecular weight excluding hydrogens is 302 g/mol. The predicted octanol–water partition coefficient (Wildman–Crippen LogP) is 4.98. The van der Waals surface area contributed by atoms with E-state index in [2.05, 4.69) is 28.1 Å². The molecule has 0 atom stereocenters. The van der Waals surface area contributed by atoms with Gasteiger partial charge in [-0.2, -0.15) is 0 Å². The van der Waals surface area contributed by atoms with Gasteiger partial charge in [0.15, 0.2) is 0 Å². The number of nitrogen functional groups attached to an aromatic ring is 1. The average molecular weight is 314 g/mol. The Morgan fingerprint density at radius 2 is 1.53 bits per heavy atom. The highest BCUT2D eigenvalue weighted by Gasteiger charge is 2.08. The molecule has 0 fully saturated rings. The highest BCUT2D eigenvalue weighted by Crippen LogP contribution is 2.37. The third kappa shape index (κ3) is 2.29. The van der Waals surface area contributed by atoms with Crippen LogP contribution in [0.15, 0.2) is 65.1 Å². The van der Waals surface area contributed by atoms with Gasteiger partial charge in [0.25, 0.3) is 0 Å². The first-order chi connectivity index (χ1) is 9.25. The Hall–Kier alpha value is -2.00. The van der Waals surface area contributed by atoms with E-state index in [4.69, 9.17) is 10.5 Å². The van der Waals surface area contributed by atoms with Gasteiger partial charge in [0, 0.05) is 0 Å². The number of hydrogen-bond donors (Lipinski definition) is 1. The maximum absolute atomic E-state index is 5.89. The van der Waals surface area contributed by atoms with E-state index in [9.17, 15) is 0 Å². The number of nitrogens with two attached hydrogens (primary N) is 1. The average Bonchev–Trinajstić information content (AvgIpc) is 2.44. The zero-order valence-electron chi connectivity index (χ0n) is 10.1. The van der Waals surface area contributed by atoms with Crippen molar-refractivity contribution in [3.8, 4) is 11.5 Å². The molecule has 2 nitrogen and oxygen atoms in total. The Bertz CT molecular complexity index is 740. The van der Waals surface area contributed by atoms with Crippen LogP contribution in [-0.2, 0) is 0 Å². The quantitative estimate of drug-likeness (QED) is 0.677. The van der Waals surface area contributed by atoms with Gasteiger partial charge < -0.3 is 10.5 Å². The second-order valence-corrected chi connectivity index (χ2v) is 5.03. The van der Waals surface area contributed by atoms with Gasteiger partial charge in [0.1, 0.15) is 11.5 Å². The molecular formula is C16H12BrNO. The topological polar surface area (TPSA) is 35.2 Å². The summed E-state index contributed by atoms with van der Waals surface area (Å²) in [6.07, 6.45) is 0. The number of para-hydroxylation sites is 2. The van der Waals surface area contributed by atoms with Crippen molar-refractivity contribution in [1.29, 1.82) is 0 Å². The first kappa shape index (κ1) is 12.1. The van der Waals surface area contributed by atoms with Crippen molar-refractivity contribution in [1.82, 2.24) is 0 Å². The van der Waals surface area contributed by atoms with Crippen molar-refractivity contribution >= 4 is 32.4 Å². The summed E-state index contributed by atoms with van der Waals surface area (Å²) < 4.78 is 6.81. The molecule has 0 amide bonds. The van der Waals surface area contributed by atoms with E-state index in [1.807, 2.05) is 48.5 Å². The van der Waals surface area contributed by atoms with Crippen molar-refractivity contribution in [3.05, 3.63) is 65.1 Å². The van der Waals surface area contributed by atoms with Crippen LogP contribution in [0.5, 0.6) is 11.5 Å². The summed E-state index contributed by atoms with van der Waals surface area (Å²) in [7, 11) is 0. The Morgan fingerprint density at radius 3 is 2.37 bits per heavy atom. The van der Waals surface area contributed by atoms with E-state index in [1.54, 1.807) is 0 Å². The molecule has 0 saturated heterocycles. The van der Waals surface area contributed by atoms with Gasteiger partial charge in [0.05, 0.1) is 10.2 Å². The van der Waals surface area contributed by atoms with E-state index in [1.165, 1.54) is 5.39 Å². The molecule has 3 heteroatoms. The minimum Gasteiger partial charge on any atom is -0.454 e. The number of anilines is 1. The molecule has 0 radical (unpaired) electrons. The summed E-state index contributed by atoms with van der Waals surface area (Å²) in [6.45, 7) is 0. The molecule has 3 aromatic carbocycles. The minimum absolute atomic E-state index is 0.627. The molecule has 0 aromatic heterocycles. The number of rotatable bonds is 2. The third-order valence-electron chi connectivity index (χ3n) is 2.97. The van der Waals surface area contributed by atoms with Gasteiger partial charge in [-0.3, -0.25) is 0 Å². The first-order valence-corrected chi connectivity index (χ1v) is 6.74. The van der Waals surface area contributed by atoms with Gasteiger partial charge in [0.2, 0.25) is 0 Å². The summed E-state index contributed by atoms with van der Waals surface area (Å²) in [4.78, 5) is 0. The molecule has 19 heavy (non-hydrogen) atoms. The standard InChI is InChI=1S/C16H12BrNO/c17-16-12-6-2-1-5-11(12)9-10-15(16)19-14-8-4-3-7-13(14)18/h1-10H,18H2. The number of hydrogen-bond acceptors (Lipinski definition) is 2. The SMILES string of the molecule is Nc1ccccc1Oc1ccc2ccccc2c1Br. The zero-order valence-corrected chi connectivity index (χ0v) is 11.7. The molecule has 3 aromatic rings. The number of benzene rings is 3. The summed E-state index contributed by atoms with van der Waals surface area (Å²) in [5.41, 5.74) is 6.52. The predicted molar refractivity (Wildman–Crippen MR) is 82.6 cm³/mol. The number of fused-ring (bicyclic) bond motifs is 1. The summed E-state index contributed by atoms with van der Waals surface area (Å²) in [6, 6.07) is 19.6. The van der Waals surface area contributed by atoms with Crippen molar-refractivity contribution in [2.24, 2.45) is 0 Å². The van der Waals surface area contributed by atoms with Crippen molar-refractivity contribution in [3.63, 3.8) is 0 Å². The molecule has 0 aliphatic heterocycles. The first-order valence-electron chi connectivity index (χ1n) is 5.95. The molecule has 0 saturated carbocycles. The van der Waals surface area contributed by atoms with Crippen LogP contribution in [0.25, 0.3) is 10.8 Å². The maximum atomic E-state index is 5.89. The van der Waals surface area contributed by atoms with Crippen LogP contribution in [0.1, 0.15) is 0 Å². The molecule has 0 heterocycles. The van der Waals surface area contributed by atoms with Crippen LogP contribution in [0.3, 0.4) is 0 Å². The molecule has 0 unspecified atom stereocenters. The number of halogens is 1. The largest absolute Gasteiger partial charge is 0.454 e. The minimum atomic E-state index is 0.627. The molecule has 94 valence electrons. The van der Waals surface area contributed by atoms with Crippen molar-refractivity contribution < 1.29 is 4.74 Å². The normalized spacial score (nSPS) is 10.6. The summed E-state index contributed by atoms with van der Waals surface area (Å²) >= 11 is 3.60. The maximum Gasteiger partial charge on any atom is 0.150 e. The van der Waals surface area contributed by atoms with E-state index < -0.39 is 0 Å². The lowest BCUT2D eigenvalue weighted by atomic mass is 10.1. The van der Waals surface area contributed by atoms with E-state index in [0.29, 0.717) is 11.4 Å². The van der Waals surface area contributed by atoms with Crippen molar-refractivity contribution in [2.45, 2.75) is 0 Å². The zero-order chi connectivity index (χ0) is 13.2. The van der Waals surface area contributed by atoms with Crippen LogP contribution >= 0.6 is 15.9 Å². The Kier molecular flexibility index (Phi) is 3.13. The second-order valence-electron chi connectivity index (χ2n) is 4.24. The molecule has 0 bridgehead atoms. The van der Waals surface area contributed by atoms with Gasteiger partial charge in [-0.25, -0.2) is 0 Å². The second kappa shape index (κ2) is 4.94. The van der Waals surface area contributed by atoms with Gasteiger partial charge >= 0.3 is 0 Å². The fourth-order valence-corrected chi connectivity index (χ4v) is 2.56. The molecule has 2 N–H and O–H groups in total. The van der Waals surface area contributed by atoms with Gasteiger partial charge in [-0.05, 0) is 44.9 Å². The molecule has 0 aliphatic carbocycles. The van der Waals surface area contributed by atoms with E-state index >= 15 is 0 Å². The lowest BCUT2D eigenvalue weighted by Crippen LogP contribution is -1.92. The van der Waals surface area contributed by atoms with Crippen molar-refractivity contribution in [2.75, 3.05) is 5.73 Å². The smallest absolute Gasteiger partial charge is 0.150 e. The van der Waals surface area contributed by atoms with Crippen LogP contribution < -0.4 is 10.5 Å². The van der Waals surface area contributed by atoms with E-state index in [-0.39, 0.29) is 0 Å². The van der Waals surface area contributed by atoms with Crippen LogP contribution in [0.2, 0.25) is 0 Å². The fourth-order valence-electron chi connectivity index (χ4n) is 1.98. The Labute approximate surface area is 119 Å². The molecule has 0 aliphatic rings. The van der Waals surface area contributed by atoms with Crippen LogP contribution in [0, 0.1) is 0 Å². The van der Waals surface area contributed by atoms with Crippen LogP contribution in [0.4, 0.5) is 5.69 Å². The highest BCUT2D eigenvalue weighted by atomic mass is 79.9. The van der Waals surface area contributed by atoms with Gasteiger partial charge in [-0.15, -0.1) is 0 Å². The lowest BCUT2D eigenvalue weighted by Gasteiger charge is -2.11. The summed E-state index contributed by atoms with van der Waals surface area (Å²) in [5.74, 6) is 1.43. The summed E-state index contributed by atoms with van der Waals surface area (Å²) in [5, 5.41) is 2.29. The fraction of sp³-hybridized carbons (Fsp3) is 0. The molecule has 3 rings (SSSR count). The third-order valence-corrected chi connectivity index (χ3v) is 3.78. The number of ether oxygens (including phenoxy) is 1. The Morgan fingerprint density at radius 1 is 0.789 bits per heavy atom. The van der Waals surface area contributed by atoms with Gasteiger partial charge in [-0.1, -0.05) is 42.5 Å². The van der Waals surface area contributed by atoms with Crippen LogP contribution in [-0.4, -0.2) is 0 Å². The Balaban J connectivity index is 2.07. The highest BCUT2D eigenvalue weighted by molar-refractivity contribution is 9.10. The molecule has 0 spiro atoms. The van der Waals surface area contributed by atoms with E-state index in [0.717, 1.165) is 15.6 Å². The monoisotopic (exact) mass is 313 g/mol.